The summed E-state index contributed by atoms with van der Waals surface area (Å²) in [6, 6.07) is 52.7. The number of hydrogen-bond donors (Lipinski definition) is 0. The van der Waals surface area contributed by atoms with Crippen LogP contribution in [0, 0.1) is 5.92 Å². The highest BCUT2D eigenvalue weighted by Crippen LogP contribution is 2.71. The van der Waals surface area contributed by atoms with Crippen molar-refractivity contribution in [3.8, 4) is 22.3 Å². The smallest absolute Gasteiger partial charge is 0.0550 e. The van der Waals surface area contributed by atoms with Gasteiger partial charge in [0.25, 0.3) is 0 Å². The number of benzene rings is 7. The van der Waals surface area contributed by atoms with E-state index in [1.165, 1.54) is 94.3 Å². The SMILES string of the molecule is C1=CC2c3cccc4c3C3(c5cc(N(C6=CC=C(c7ccc8ccccc8c7)CC6)c6cccc7ccccc67)ccc5-c5cccc-4c53)C2C=C1. The highest BCUT2D eigenvalue weighted by atomic mass is 15.2. The van der Waals surface area contributed by atoms with Gasteiger partial charge in [0.1, 0.15) is 0 Å². The van der Waals surface area contributed by atoms with Gasteiger partial charge in [0, 0.05) is 28.6 Å². The van der Waals surface area contributed by atoms with E-state index in [4.69, 9.17) is 0 Å². The fourth-order valence-electron chi connectivity index (χ4n) is 10.7. The van der Waals surface area contributed by atoms with Gasteiger partial charge in [-0.2, -0.15) is 0 Å². The Morgan fingerprint density at radius 1 is 0.538 bits per heavy atom. The van der Waals surface area contributed by atoms with Crippen LogP contribution in [0.25, 0.3) is 49.4 Å². The third-order valence-corrected chi connectivity index (χ3v) is 12.8. The molecule has 1 heteroatoms. The molecule has 0 aromatic heterocycles. The molecule has 0 radical (unpaired) electrons. The van der Waals surface area contributed by atoms with E-state index in [1.807, 2.05) is 0 Å². The molecule has 1 nitrogen and oxygen atoms in total. The predicted octanol–water partition coefficient (Wildman–Crippen LogP) is 13.0. The highest BCUT2D eigenvalue weighted by molar-refractivity contribution is 6.01. The molecule has 5 aliphatic carbocycles. The molecule has 1 spiro atoms. The second-order valence-corrected chi connectivity index (χ2v) is 15.1. The van der Waals surface area contributed by atoms with Crippen molar-refractivity contribution in [1.29, 1.82) is 0 Å². The molecule has 12 rings (SSSR count). The summed E-state index contributed by atoms with van der Waals surface area (Å²) in [5.41, 5.74) is 18.0. The fourth-order valence-corrected chi connectivity index (χ4v) is 10.7. The van der Waals surface area contributed by atoms with Crippen molar-refractivity contribution in [2.45, 2.75) is 24.2 Å². The molecule has 0 saturated carbocycles. The van der Waals surface area contributed by atoms with Crippen molar-refractivity contribution < 1.29 is 0 Å². The van der Waals surface area contributed by atoms with Crippen molar-refractivity contribution in [2.75, 3.05) is 4.90 Å². The van der Waals surface area contributed by atoms with Crippen molar-refractivity contribution in [1.82, 2.24) is 0 Å². The second kappa shape index (κ2) is 10.4. The Labute approximate surface area is 304 Å². The van der Waals surface area contributed by atoms with Crippen molar-refractivity contribution in [3.63, 3.8) is 0 Å². The van der Waals surface area contributed by atoms with Crippen molar-refractivity contribution in [3.05, 3.63) is 209 Å². The van der Waals surface area contributed by atoms with Crippen LogP contribution in [0.5, 0.6) is 0 Å². The van der Waals surface area contributed by atoms with E-state index in [0.29, 0.717) is 11.8 Å². The molecular weight excluding hydrogens is 627 g/mol. The van der Waals surface area contributed by atoms with Crippen LogP contribution >= 0.6 is 0 Å². The quantitative estimate of drug-likeness (QED) is 0.181. The highest BCUT2D eigenvalue weighted by Gasteiger charge is 2.61. The number of anilines is 2. The predicted molar refractivity (Wildman–Crippen MR) is 217 cm³/mol. The number of allylic oxidation sites excluding steroid dienone is 8. The first-order valence-corrected chi connectivity index (χ1v) is 18.7. The van der Waals surface area contributed by atoms with Crippen LogP contribution in [0.2, 0.25) is 0 Å². The molecule has 3 atom stereocenters. The standard InChI is InChI=1S/C51H35N/c1-2-12-35-30-36(23-22-32(35)10-1)33-24-26-37(27-25-33)52(48-21-7-13-34-11-3-4-14-39(34)48)38-28-29-41-43-17-9-19-45-44-18-8-16-42-40-15-5-6-20-46(40)51(49(42)44,50(43)45)47(41)31-38/h1-24,26,28-31,40,46H,25,27H2. The molecule has 52 heavy (non-hydrogen) atoms. The molecule has 0 aliphatic heterocycles. The van der Waals surface area contributed by atoms with E-state index in [1.54, 1.807) is 0 Å². The van der Waals surface area contributed by atoms with E-state index < -0.39 is 0 Å². The molecule has 0 fully saturated rings. The molecule has 7 aromatic rings. The van der Waals surface area contributed by atoms with Gasteiger partial charge in [0.2, 0.25) is 0 Å². The minimum Gasteiger partial charge on any atom is -0.314 e. The molecule has 0 heterocycles. The summed E-state index contributed by atoms with van der Waals surface area (Å²) in [5.74, 6) is 0.726. The average Bonchev–Trinajstić information content (AvgIpc) is 3.81. The average molecular weight is 662 g/mol. The molecule has 5 aliphatic rings. The minimum atomic E-state index is -0.191. The van der Waals surface area contributed by atoms with Crippen LogP contribution < -0.4 is 4.90 Å². The maximum absolute atomic E-state index is 2.57. The molecule has 244 valence electrons. The Morgan fingerprint density at radius 2 is 1.29 bits per heavy atom. The lowest BCUT2D eigenvalue weighted by Gasteiger charge is -2.35. The maximum atomic E-state index is 2.57. The van der Waals surface area contributed by atoms with Crippen LogP contribution in [-0.2, 0) is 5.41 Å². The topological polar surface area (TPSA) is 3.24 Å². The zero-order chi connectivity index (χ0) is 34.0. The molecule has 0 N–H and O–H groups in total. The minimum absolute atomic E-state index is 0.191. The first kappa shape index (κ1) is 28.5. The summed E-state index contributed by atoms with van der Waals surface area (Å²) in [6.45, 7) is 0. The van der Waals surface area contributed by atoms with Gasteiger partial charge in [-0.25, -0.2) is 0 Å². The third kappa shape index (κ3) is 3.63. The summed E-state index contributed by atoms with van der Waals surface area (Å²) in [4.78, 5) is 2.57. The Morgan fingerprint density at radius 3 is 2.17 bits per heavy atom. The van der Waals surface area contributed by atoms with E-state index in [2.05, 4.69) is 181 Å². The zero-order valence-corrected chi connectivity index (χ0v) is 28.8. The number of nitrogens with zero attached hydrogens (tertiary/aromatic N) is 1. The van der Waals surface area contributed by atoms with Crippen LogP contribution in [0.15, 0.2) is 182 Å². The lowest BCUT2D eigenvalue weighted by atomic mass is 9.67. The summed E-state index contributed by atoms with van der Waals surface area (Å²) in [7, 11) is 0. The van der Waals surface area contributed by atoms with Gasteiger partial charge >= 0.3 is 0 Å². The maximum Gasteiger partial charge on any atom is 0.0550 e. The first-order valence-electron chi connectivity index (χ1n) is 18.7. The van der Waals surface area contributed by atoms with Gasteiger partial charge in [-0.05, 0) is 115 Å². The second-order valence-electron chi connectivity index (χ2n) is 15.1. The molecule has 3 unspecified atom stereocenters. The molecule has 0 saturated heterocycles. The number of fused-ring (bicyclic) bond motifs is 7. The van der Waals surface area contributed by atoms with Crippen LogP contribution in [0.4, 0.5) is 11.4 Å². The zero-order valence-electron chi connectivity index (χ0n) is 28.8. The number of hydrogen-bond acceptors (Lipinski definition) is 1. The first-order chi connectivity index (χ1) is 25.8. The van der Waals surface area contributed by atoms with Gasteiger partial charge in [0.05, 0.1) is 11.1 Å². The van der Waals surface area contributed by atoms with Crippen LogP contribution in [-0.4, -0.2) is 0 Å². The number of rotatable bonds is 4. The Hall–Kier alpha value is -6.18. The Bertz CT molecular complexity index is 2820. The Balaban J connectivity index is 1.07. The van der Waals surface area contributed by atoms with E-state index in [9.17, 15) is 0 Å². The van der Waals surface area contributed by atoms with Gasteiger partial charge in [-0.1, -0.05) is 146 Å². The summed E-state index contributed by atoms with van der Waals surface area (Å²) >= 11 is 0. The normalized spacial score (nSPS) is 21.1. The van der Waals surface area contributed by atoms with Gasteiger partial charge in [-0.3, -0.25) is 0 Å². The van der Waals surface area contributed by atoms with E-state index in [0.717, 1.165) is 12.8 Å². The molecule has 7 aromatic carbocycles. The fraction of sp³-hybridized carbons (Fsp3) is 0.0980. The molecule has 0 bridgehead atoms. The van der Waals surface area contributed by atoms with Crippen molar-refractivity contribution >= 4 is 38.5 Å². The van der Waals surface area contributed by atoms with Crippen LogP contribution in [0.3, 0.4) is 0 Å². The van der Waals surface area contributed by atoms with Gasteiger partial charge < -0.3 is 4.90 Å². The summed E-state index contributed by atoms with van der Waals surface area (Å²) < 4.78 is 0. The third-order valence-electron chi connectivity index (χ3n) is 12.8. The van der Waals surface area contributed by atoms with Crippen LogP contribution in [0.1, 0.15) is 46.6 Å². The van der Waals surface area contributed by atoms with Gasteiger partial charge in [-0.15, -0.1) is 0 Å². The molecular formula is C51H35N. The largest absolute Gasteiger partial charge is 0.314 e. The lowest BCUT2D eigenvalue weighted by molar-refractivity contribution is 0.472. The summed E-state index contributed by atoms with van der Waals surface area (Å²) in [5, 5.41) is 5.12. The lowest BCUT2D eigenvalue weighted by Crippen LogP contribution is -2.31. The van der Waals surface area contributed by atoms with E-state index >= 15 is 0 Å². The van der Waals surface area contributed by atoms with Crippen molar-refractivity contribution in [2.24, 2.45) is 5.92 Å². The monoisotopic (exact) mass is 661 g/mol. The molecule has 0 amide bonds. The summed E-state index contributed by atoms with van der Waals surface area (Å²) in [6.07, 6.45) is 16.2. The van der Waals surface area contributed by atoms with Gasteiger partial charge in [0.15, 0.2) is 0 Å². The van der Waals surface area contributed by atoms with E-state index in [-0.39, 0.29) is 5.41 Å². The Kier molecular flexibility index (Phi) is 5.72.